The SMILES string of the molecule is CCCn1ccnc1CNc1ccc(C)c(O)c1C. The first-order valence-electron chi connectivity index (χ1n) is 6.66. The molecule has 1 aromatic heterocycles. The van der Waals surface area contributed by atoms with Crippen LogP contribution in [0.1, 0.15) is 30.3 Å². The molecule has 0 atom stereocenters. The van der Waals surface area contributed by atoms with Gasteiger partial charge < -0.3 is 15.0 Å². The zero-order chi connectivity index (χ0) is 13.8. The van der Waals surface area contributed by atoms with E-state index in [1.54, 1.807) is 0 Å². The van der Waals surface area contributed by atoms with E-state index in [-0.39, 0.29) is 0 Å². The van der Waals surface area contributed by atoms with E-state index in [1.807, 2.05) is 38.4 Å². The third-order valence-electron chi connectivity index (χ3n) is 3.34. The number of aryl methyl sites for hydroxylation is 2. The van der Waals surface area contributed by atoms with Crippen molar-refractivity contribution in [3.05, 3.63) is 41.5 Å². The van der Waals surface area contributed by atoms with E-state index in [2.05, 4.69) is 21.8 Å². The molecule has 1 aromatic carbocycles. The van der Waals surface area contributed by atoms with E-state index >= 15 is 0 Å². The summed E-state index contributed by atoms with van der Waals surface area (Å²) in [6.45, 7) is 7.62. The second-order valence-corrected chi connectivity index (χ2v) is 4.79. The number of benzene rings is 1. The first kappa shape index (κ1) is 13.5. The number of aromatic nitrogens is 2. The van der Waals surface area contributed by atoms with Crippen LogP contribution in [0.15, 0.2) is 24.5 Å². The van der Waals surface area contributed by atoms with Gasteiger partial charge in [-0.25, -0.2) is 4.98 Å². The van der Waals surface area contributed by atoms with Gasteiger partial charge in [0.15, 0.2) is 0 Å². The van der Waals surface area contributed by atoms with Gasteiger partial charge in [0.25, 0.3) is 0 Å². The van der Waals surface area contributed by atoms with Crippen LogP contribution in [0, 0.1) is 13.8 Å². The molecule has 2 aromatic rings. The van der Waals surface area contributed by atoms with Gasteiger partial charge in [0.1, 0.15) is 11.6 Å². The fourth-order valence-corrected chi connectivity index (χ4v) is 2.15. The Kier molecular flexibility index (Phi) is 4.10. The van der Waals surface area contributed by atoms with Crippen molar-refractivity contribution in [3.8, 4) is 5.75 Å². The molecule has 0 aliphatic heterocycles. The number of hydrogen-bond donors (Lipinski definition) is 2. The van der Waals surface area contributed by atoms with E-state index in [4.69, 9.17) is 0 Å². The van der Waals surface area contributed by atoms with Crippen molar-refractivity contribution in [2.75, 3.05) is 5.32 Å². The molecular formula is C15H21N3O. The van der Waals surface area contributed by atoms with Gasteiger partial charge in [-0.3, -0.25) is 0 Å². The number of phenols is 1. The molecule has 102 valence electrons. The zero-order valence-electron chi connectivity index (χ0n) is 11.8. The van der Waals surface area contributed by atoms with Crippen LogP contribution in [0.4, 0.5) is 5.69 Å². The van der Waals surface area contributed by atoms with Crippen molar-refractivity contribution in [2.24, 2.45) is 0 Å². The molecule has 2 rings (SSSR count). The number of phenolic OH excluding ortho intramolecular Hbond substituents is 1. The van der Waals surface area contributed by atoms with Crippen molar-refractivity contribution in [1.82, 2.24) is 9.55 Å². The van der Waals surface area contributed by atoms with Gasteiger partial charge in [-0.1, -0.05) is 13.0 Å². The average molecular weight is 259 g/mol. The molecule has 0 fully saturated rings. The third-order valence-corrected chi connectivity index (χ3v) is 3.34. The molecule has 2 N–H and O–H groups in total. The smallest absolute Gasteiger partial charge is 0.128 e. The highest BCUT2D eigenvalue weighted by Gasteiger charge is 2.07. The summed E-state index contributed by atoms with van der Waals surface area (Å²) < 4.78 is 2.15. The third kappa shape index (κ3) is 2.89. The fraction of sp³-hybridized carbons (Fsp3) is 0.400. The van der Waals surface area contributed by atoms with Gasteiger partial charge in [0, 0.05) is 30.2 Å². The number of rotatable bonds is 5. The van der Waals surface area contributed by atoms with Crippen molar-refractivity contribution in [3.63, 3.8) is 0 Å². The Morgan fingerprint density at radius 1 is 1.32 bits per heavy atom. The van der Waals surface area contributed by atoms with Crippen LogP contribution in [-0.4, -0.2) is 14.7 Å². The molecular weight excluding hydrogens is 238 g/mol. The predicted octanol–water partition coefficient (Wildman–Crippen LogP) is 3.23. The lowest BCUT2D eigenvalue weighted by Crippen LogP contribution is -2.09. The van der Waals surface area contributed by atoms with E-state index < -0.39 is 0 Å². The van der Waals surface area contributed by atoms with E-state index in [0.29, 0.717) is 12.3 Å². The maximum absolute atomic E-state index is 9.92. The highest BCUT2D eigenvalue weighted by Crippen LogP contribution is 2.28. The highest BCUT2D eigenvalue weighted by atomic mass is 16.3. The van der Waals surface area contributed by atoms with Gasteiger partial charge in [-0.15, -0.1) is 0 Å². The highest BCUT2D eigenvalue weighted by molar-refractivity contribution is 5.58. The predicted molar refractivity (Wildman–Crippen MR) is 77.4 cm³/mol. The summed E-state index contributed by atoms with van der Waals surface area (Å²) in [5.41, 5.74) is 2.73. The van der Waals surface area contributed by atoms with E-state index in [0.717, 1.165) is 35.6 Å². The molecule has 0 aliphatic rings. The molecule has 0 amide bonds. The van der Waals surface area contributed by atoms with Crippen molar-refractivity contribution in [1.29, 1.82) is 0 Å². The minimum Gasteiger partial charge on any atom is -0.507 e. The summed E-state index contributed by atoms with van der Waals surface area (Å²) in [5.74, 6) is 1.38. The summed E-state index contributed by atoms with van der Waals surface area (Å²) >= 11 is 0. The van der Waals surface area contributed by atoms with Crippen molar-refractivity contribution < 1.29 is 5.11 Å². The molecule has 0 radical (unpaired) electrons. The monoisotopic (exact) mass is 259 g/mol. The summed E-state index contributed by atoms with van der Waals surface area (Å²) in [6, 6.07) is 3.92. The van der Waals surface area contributed by atoms with Crippen molar-refractivity contribution in [2.45, 2.75) is 40.3 Å². The Morgan fingerprint density at radius 3 is 2.84 bits per heavy atom. The Balaban J connectivity index is 2.10. The van der Waals surface area contributed by atoms with Crippen LogP contribution in [0.5, 0.6) is 5.75 Å². The quantitative estimate of drug-likeness (QED) is 0.866. The first-order valence-corrected chi connectivity index (χ1v) is 6.66. The molecule has 0 saturated carbocycles. The Labute approximate surface area is 114 Å². The molecule has 0 bridgehead atoms. The molecule has 0 saturated heterocycles. The minimum atomic E-state index is 0.363. The summed E-state index contributed by atoms with van der Waals surface area (Å²) in [4.78, 5) is 4.36. The van der Waals surface area contributed by atoms with Crippen LogP contribution in [0.3, 0.4) is 0 Å². The number of hydrogen-bond acceptors (Lipinski definition) is 3. The van der Waals surface area contributed by atoms with Crippen molar-refractivity contribution >= 4 is 5.69 Å². The number of nitrogens with zero attached hydrogens (tertiary/aromatic N) is 2. The van der Waals surface area contributed by atoms with E-state index in [9.17, 15) is 5.11 Å². The lowest BCUT2D eigenvalue weighted by Gasteiger charge is -2.13. The van der Waals surface area contributed by atoms with Gasteiger partial charge >= 0.3 is 0 Å². The molecule has 1 heterocycles. The summed E-state index contributed by atoms with van der Waals surface area (Å²) in [6.07, 6.45) is 4.92. The average Bonchev–Trinajstić information content (AvgIpc) is 2.83. The molecule has 0 unspecified atom stereocenters. The number of imidazole rings is 1. The topological polar surface area (TPSA) is 50.1 Å². The van der Waals surface area contributed by atoms with Gasteiger partial charge in [-0.2, -0.15) is 0 Å². The maximum atomic E-state index is 9.92. The van der Waals surface area contributed by atoms with E-state index in [1.165, 1.54) is 0 Å². The zero-order valence-corrected chi connectivity index (χ0v) is 11.8. The van der Waals surface area contributed by atoms with Crippen LogP contribution in [0.25, 0.3) is 0 Å². The van der Waals surface area contributed by atoms with Crippen LogP contribution in [0.2, 0.25) is 0 Å². The van der Waals surface area contributed by atoms with Crippen LogP contribution >= 0.6 is 0 Å². The lowest BCUT2D eigenvalue weighted by molar-refractivity contribution is 0.467. The summed E-state index contributed by atoms with van der Waals surface area (Å²) in [5, 5.41) is 13.3. The minimum absolute atomic E-state index is 0.363. The van der Waals surface area contributed by atoms with Crippen LogP contribution < -0.4 is 5.32 Å². The largest absolute Gasteiger partial charge is 0.507 e. The molecule has 0 spiro atoms. The molecule has 4 nitrogen and oxygen atoms in total. The summed E-state index contributed by atoms with van der Waals surface area (Å²) in [7, 11) is 0. The normalized spacial score (nSPS) is 10.7. The van der Waals surface area contributed by atoms with Gasteiger partial charge in [0.05, 0.1) is 6.54 Å². The fourth-order valence-electron chi connectivity index (χ4n) is 2.15. The Morgan fingerprint density at radius 2 is 2.11 bits per heavy atom. The van der Waals surface area contributed by atoms with Gasteiger partial charge in [-0.05, 0) is 31.9 Å². The van der Waals surface area contributed by atoms with Gasteiger partial charge in [0.2, 0.25) is 0 Å². The molecule has 0 aliphatic carbocycles. The maximum Gasteiger partial charge on any atom is 0.128 e. The van der Waals surface area contributed by atoms with Crippen LogP contribution in [-0.2, 0) is 13.1 Å². The second kappa shape index (κ2) is 5.78. The second-order valence-electron chi connectivity index (χ2n) is 4.79. The molecule has 4 heteroatoms. The number of nitrogens with one attached hydrogen (secondary N) is 1. The first-order chi connectivity index (χ1) is 9.13. The Bertz CT molecular complexity index is 561. The number of anilines is 1. The molecule has 19 heavy (non-hydrogen) atoms. The standard InChI is InChI=1S/C15H21N3O/c1-4-8-18-9-7-16-14(18)10-17-13-6-5-11(2)15(19)12(13)3/h5-7,9,17,19H,4,8,10H2,1-3H3. The number of aromatic hydroxyl groups is 1. The lowest BCUT2D eigenvalue weighted by atomic mass is 10.1. The Hall–Kier alpha value is -1.97.